The van der Waals surface area contributed by atoms with E-state index in [1.54, 1.807) is 0 Å². The number of rotatable bonds is 9. The summed E-state index contributed by atoms with van der Waals surface area (Å²) in [7, 11) is 0. The van der Waals surface area contributed by atoms with Crippen LogP contribution in [0.25, 0.3) is 239 Å². The van der Waals surface area contributed by atoms with Crippen molar-refractivity contribution in [3.8, 4) is 78.1 Å². The van der Waals surface area contributed by atoms with E-state index in [0.29, 0.717) is 5.25 Å². The third-order valence-corrected chi connectivity index (χ3v) is 31.7. The number of hydrogen-bond donors (Lipinski definition) is 0. The second-order valence-corrected chi connectivity index (χ2v) is 38.6. The third-order valence-electron chi connectivity index (χ3n) is 28.0. The van der Waals surface area contributed by atoms with E-state index in [-0.39, 0.29) is 6.04 Å². The second kappa shape index (κ2) is 31.1. The maximum absolute atomic E-state index is 6.59. The molecule has 0 fully saturated rings. The summed E-state index contributed by atoms with van der Waals surface area (Å²) in [6.45, 7) is 0. The molecule has 135 heavy (non-hydrogen) atoms. The number of thioether (sulfide) groups is 1. The highest BCUT2D eigenvalue weighted by Gasteiger charge is 2.47. The molecular formula is C126H77N3O3S3. The van der Waals surface area contributed by atoms with Crippen molar-refractivity contribution in [2.45, 2.75) is 16.2 Å². The lowest BCUT2D eigenvalue weighted by Crippen LogP contribution is -2.19. The van der Waals surface area contributed by atoms with Gasteiger partial charge in [0.15, 0.2) is 0 Å². The number of furan rings is 3. The Kier molecular flexibility index (Phi) is 17.8. The topological polar surface area (TPSA) is 52.5 Å². The first-order valence-corrected chi connectivity index (χ1v) is 48.6. The minimum Gasteiger partial charge on any atom is -0.456 e. The Labute approximate surface area is 787 Å². The summed E-state index contributed by atoms with van der Waals surface area (Å²) in [4.78, 5) is 3.93. The predicted molar refractivity (Wildman–Crippen MR) is 572 cm³/mol. The summed E-state index contributed by atoms with van der Waals surface area (Å²) >= 11 is 5.78. The van der Waals surface area contributed by atoms with Gasteiger partial charge in [0.25, 0.3) is 0 Å². The predicted octanol–water partition coefficient (Wildman–Crippen LogP) is 36.9. The van der Waals surface area contributed by atoms with E-state index in [2.05, 4.69) is 469 Å². The summed E-state index contributed by atoms with van der Waals surface area (Å²) in [6.07, 6.45) is 0. The Morgan fingerprint density at radius 3 is 1.30 bits per heavy atom. The van der Waals surface area contributed by atoms with Crippen molar-refractivity contribution in [2.24, 2.45) is 0 Å². The molecule has 632 valence electrons. The fraction of sp³-hybridized carbons (Fsp3) is 0.0159. The highest BCUT2D eigenvalue weighted by Crippen LogP contribution is 2.66. The monoisotopic (exact) mass is 1780 g/mol. The number of nitrogens with zero attached hydrogens (tertiary/aromatic N) is 3. The van der Waals surface area contributed by atoms with Gasteiger partial charge in [0.1, 0.15) is 33.5 Å². The molecule has 6 nitrogen and oxygen atoms in total. The first kappa shape index (κ1) is 77.3. The van der Waals surface area contributed by atoms with E-state index >= 15 is 0 Å². The second-order valence-electron chi connectivity index (χ2n) is 35.3. The van der Waals surface area contributed by atoms with Gasteiger partial charge in [0, 0.05) is 96.3 Å². The average molecular weight is 1780 g/mol. The number of aromatic nitrogens is 2. The Morgan fingerprint density at radius 1 is 0.237 bits per heavy atom. The van der Waals surface area contributed by atoms with Crippen molar-refractivity contribution < 1.29 is 13.3 Å². The van der Waals surface area contributed by atoms with Crippen LogP contribution in [0.3, 0.4) is 0 Å². The number of benzene rings is 21. The number of hydrogen-bond acceptors (Lipinski definition) is 7. The van der Waals surface area contributed by atoms with Crippen LogP contribution in [0.15, 0.2) is 473 Å². The molecule has 9 heterocycles. The molecule has 21 aromatic carbocycles. The number of fused-ring (bicyclic) bond motifs is 29. The minimum absolute atomic E-state index is 0.209. The summed E-state index contributed by atoms with van der Waals surface area (Å²) in [6, 6.07) is 164. The molecule has 2 atom stereocenters. The zero-order valence-corrected chi connectivity index (χ0v) is 75.2. The van der Waals surface area contributed by atoms with Gasteiger partial charge in [-0.25, -0.2) is 0 Å². The zero-order valence-electron chi connectivity index (χ0n) is 72.7. The molecule has 0 radical (unpaired) electrons. The van der Waals surface area contributed by atoms with Gasteiger partial charge >= 0.3 is 0 Å². The molecule has 0 amide bonds. The first-order chi connectivity index (χ1) is 67.0. The third kappa shape index (κ3) is 12.2. The van der Waals surface area contributed by atoms with E-state index in [9.17, 15) is 0 Å². The summed E-state index contributed by atoms with van der Waals surface area (Å²) in [5, 5.41) is 19.7. The van der Waals surface area contributed by atoms with Crippen LogP contribution in [0.4, 0.5) is 11.4 Å². The standard InChI is InChI=1S/2C42H25NOS.C42H27NOS/c1-2-13-27(14-3-1)43-35-21-9-8-18-33(35)42-40(43)39-32(20-11-23-37(39)45-42)30-17-7-6-16-29(30)31-19-10-22-36-38(31)34-25-24-26-12-4-5-15-28(26)41(34)44-36;1-2-13-29(14-3-1)43-36-19-9-8-17-34(36)42-41(43)40-33(18-10-20-39(40)45-42)31-16-7-6-15-30(31)28-21-22-32-35-23-26-11-4-5-12-27(26)24-38(35)44-37(32)25-28;1-2-12-28(13-3-1)43-35-19-9-8-17-33(35)42-41(43)40-32(18-10-20-38(40)45-42)31-16-7-6-14-29(31)27-21-23-34-37(25-27)44-36-24-22-26-11-4-5-15-30(26)39(34)36/h2*1-25H;1-25,41-42H. The van der Waals surface area contributed by atoms with E-state index in [4.69, 9.17) is 13.3 Å². The fourth-order valence-corrected chi connectivity index (χ4v) is 26.2. The molecule has 0 saturated carbocycles. The summed E-state index contributed by atoms with van der Waals surface area (Å²) in [5.41, 5.74) is 32.8. The van der Waals surface area contributed by atoms with Crippen LogP contribution in [-0.2, 0) is 0 Å². The van der Waals surface area contributed by atoms with Crippen LogP contribution in [0, 0.1) is 0 Å². The summed E-state index contributed by atoms with van der Waals surface area (Å²) in [5.74, 6) is 0. The molecule has 0 bridgehead atoms. The largest absolute Gasteiger partial charge is 0.456 e. The van der Waals surface area contributed by atoms with Crippen molar-refractivity contribution in [1.29, 1.82) is 0 Å². The van der Waals surface area contributed by atoms with Gasteiger partial charge < -0.3 is 27.3 Å². The van der Waals surface area contributed by atoms with Gasteiger partial charge in [-0.05, 0) is 232 Å². The molecule has 30 rings (SSSR count). The van der Waals surface area contributed by atoms with Gasteiger partial charge in [-0.2, -0.15) is 0 Å². The normalized spacial score (nSPS) is 13.6. The highest BCUT2D eigenvalue weighted by molar-refractivity contribution is 8.00. The van der Waals surface area contributed by atoms with Crippen LogP contribution >= 0.6 is 34.4 Å². The molecule has 0 N–H and O–H groups in total. The average Bonchev–Trinajstić information content (AvgIpc) is 1.56. The fourth-order valence-electron chi connectivity index (χ4n) is 22.2. The molecule has 2 aliphatic rings. The van der Waals surface area contributed by atoms with Gasteiger partial charge in [-0.15, -0.1) is 34.4 Å². The van der Waals surface area contributed by atoms with Crippen molar-refractivity contribution in [2.75, 3.05) is 4.90 Å². The first-order valence-electron chi connectivity index (χ1n) is 46.0. The van der Waals surface area contributed by atoms with Crippen molar-refractivity contribution in [3.05, 3.63) is 466 Å². The molecule has 2 unspecified atom stereocenters. The lowest BCUT2D eigenvalue weighted by molar-refractivity contribution is 0.669. The number of para-hydroxylation sites is 6. The SMILES string of the molecule is c1ccc(-n2c3ccccc3c3sc4cccc(-c5ccccc5-c5ccc6c(c5)oc5cc7ccccc7cc56)c4c32)cc1.c1ccc(-n2c3ccccc3c3sc4cccc(-c5ccccc5-c5cccc6oc7c8ccccc8ccc7c56)c4c32)cc1.c1ccc(N2c3ccccc3C3Sc4cccc(-c5ccccc5-c5ccc6c(c5)oc5ccc7ccccc7c56)c4C32)cc1. The van der Waals surface area contributed by atoms with Crippen LogP contribution in [0.2, 0.25) is 0 Å². The van der Waals surface area contributed by atoms with Crippen LogP contribution < -0.4 is 4.90 Å². The van der Waals surface area contributed by atoms with E-state index in [1.165, 1.54) is 189 Å². The van der Waals surface area contributed by atoms with E-state index in [1.807, 2.05) is 34.4 Å². The Hall–Kier alpha value is -16.5. The number of thiophene rings is 2. The molecule has 0 spiro atoms. The maximum atomic E-state index is 6.59. The highest BCUT2D eigenvalue weighted by atomic mass is 32.2. The summed E-state index contributed by atoms with van der Waals surface area (Å²) < 4.78 is 29.7. The molecule has 2 aliphatic heterocycles. The molecule has 7 aromatic heterocycles. The zero-order chi connectivity index (χ0) is 88.5. The Bertz CT molecular complexity index is 9730. The minimum atomic E-state index is 0.209. The van der Waals surface area contributed by atoms with Crippen molar-refractivity contribution in [3.63, 3.8) is 0 Å². The van der Waals surface area contributed by atoms with E-state index < -0.39 is 0 Å². The lowest BCUT2D eigenvalue weighted by atomic mass is 9.88. The van der Waals surface area contributed by atoms with Crippen LogP contribution in [-0.4, -0.2) is 9.13 Å². The lowest BCUT2D eigenvalue weighted by Gasteiger charge is -2.29. The Balaban J connectivity index is 0.000000101. The quantitative estimate of drug-likeness (QED) is 0.144. The molecule has 9 heteroatoms. The smallest absolute Gasteiger partial charge is 0.143 e. The van der Waals surface area contributed by atoms with Crippen LogP contribution in [0.1, 0.15) is 22.4 Å². The van der Waals surface area contributed by atoms with Crippen LogP contribution in [0.5, 0.6) is 0 Å². The Morgan fingerprint density at radius 2 is 0.667 bits per heavy atom. The van der Waals surface area contributed by atoms with Gasteiger partial charge in [0.05, 0.1) is 42.8 Å². The van der Waals surface area contributed by atoms with Gasteiger partial charge in [-0.1, -0.05) is 328 Å². The molecule has 28 aromatic rings. The van der Waals surface area contributed by atoms with Crippen molar-refractivity contribution in [1.82, 2.24) is 9.13 Å². The molecular weight excluding hydrogens is 1700 g/mol. The maximum Gasteiger partial charge on any atom is 0.143 e. The number of anilines is 2. The molecule has 0 aliphatic carbocycles. The van der Waals surface area contributed by atoms with Gasteiger partial charge in [-0.3, -0.25) is 0 Å². The van der Waals surface area contributed by atoms with Gasteiger partial charge in [0.2, 0.25) is 0 Å². The van der Waals surface area contributed by atoms with Crippen molar-refractivity contribution >= 4 is 206 Å². The molecule has 0 saturated heterocycles. The van der Waals surface area contributed by atoms with E-state index in [0.717, 1.165) is 76.9 Å².